The Morgan fingerprint density at radius 2 is 2.08 bits per heavy atom. The van der Waals surface area contributed by atoms with Gasteiger partial charge >= 0.3 is 6.09 Å². The number of likely N-dealkylation sites (N-methyl/N-ethyl adjacent to an activating group) is 1. The lowest BCUT2D eigenvalue weighted by molar-refractivity contribution is 0.110. The molecule has 2 aromatic carbocycles. The first-order valence-corrected chi connectivity index (χ1v) is 8.51. The summed E-state index contributed by atoms with van der Waals surface area (Å²) in [5.41, 5.74) is 2.20. The third-order valence-corrected chi connectivity index (χ3v) is 4.68. The fourth-order valence-electron chi connectivity index (χ4n) is 2.98. The first-order chi connectivity index (χ1) is 12.0. The van der Waals surface area contributed by atoms with E-state index in [4.69, 9.17) is 16.3 Å². The van der Waals surface area contributed by atoms with Gasteiger partial charge in [-0.1, -0.05) is 35.9 Å². The lowest BCUT2D eigenvalue weighted by Gasteiger charge is -2.22. The fraction of sp³-hybridized carbons (Fsp3) is 0.316. The van der Waals surface area contributed by atoms with Crippen molar-refractivity contribution < 1.29 is 13.9 Å². The van der Waals surface area contributed by atoms with Crippen molar-refractivity contribution in [3.8, 4) is 11.1 Å². The van der Waals surface area contributed by atoms with E-state index in [1.54, 1.807) is 19.2 Å². The first kappa shape index (κ1) is 17.7. The van der Waals surface area contributed by atoms with Crippen LogP contribution in [0.5, 0.6) is 0 Å². The smallest absolute Gasteiger partial charge is 0.414 e. The molecule has 0 aliphatic carbocycles. The number of amides is 1. The van der Waals surface area contributed by atoms with Crippen LogP contribution in [-0.2, 0) is 4.74 Å². The predicted molar refractivity (Wildman–Crippen MR) is 97.6 cm³/mol. The largest absolute Gasteiger partial charge is 0.444 e. The first-order valence-electron chi connectivity index (χ1n) is 8.13. The van der Waals surface area contributed by atoms with Gasteiger partial charge in [-0.2, -0.15) is 0 Å². The molecule has 1 heterocycles. The summed E-state index contributed by atoms with van der Waals surface area (Å²) < 4.78 is 19.0. The Morgan fingerprint density at radius 1 is 1.32 bits per heavy atom. The Balaban J connectivity index is 1.84. The highest BCUT2D eigenvalue weighted by molar-refractivity contribution is 6.31. The van der Waals surface area contributed by atoms with Gasteiger partial charge in [0.15, 0.2) is 0 Å². The molecule has 1 saturated heterocycles. The number of carbonyl (C=O) groups is 1. The van der Waals surface area contributed by atoms with E-state index in [1.807, 2.05) is 31.3 Å². The van der Waals surface area contributed by atoms with Crippen molar-refractivity contribution in [2.75, 3.05) is 32.1 Å². The summed E-state index contributed by atoms with van der Waals surface area (Å²) >= 11 is 5.90. The van der Waals surface area contributed by atoms with Gasteiger partial charge in [0.1, 0.15) is 11.9 Å². The van der Waals surface area contributed by atoms with Gasteiger partial charge in [0, 0.05) is 25.7 Å². The van der Waals surface area contributed by atoms with Crippen LogP contribution in [0.1, 0.15) is 6.42 Å². The maximum Gasteiger partial charge on any atom is 0.414 e. The van der Waals surface area contributed by atoms with Gasteiger partial charge in [-0.05, 0) is 37.2 Å². The van der Waals surface area contributed by atoms with Crippen molar-refractivity contribution in [1.29, 1.82) is 0 Å². The van der Waals surface area contributed by atoms with Gasteiger partial charge in [0.25, 0.3) is 0 Å². The number of benzene rings is 2. The fourth-order valence-corrected chi connectivity index (χ4v) is 3.17. The molecule has 0 unspecified atom stereocenters. The Bertz CT molecular complexity index is 784. The lowest BCUT2D eigenvalue weighted by atomic mass is 10.0. The third kappa shape index (κ3) is 3.94. The summed E-state index contributed by atoms with van der Waals surface area (Å²) in [6, 6.07) is 11.9. The Labute approximate surface area is 151 Å². The van der Waals surface area contributed by atoms with E-state index in [-0.39, 0.29) is 11.1 Å². The quantitative estimate of drug-likeness (QED) is 0.810. The van der Waals surface area contributed by atoms with Crippen LogP contribution in [0.2, 0.25) is 5.02 Å². The number of nitrogens with zero attached hydrogens (tertiary/aromatic N) is 2. The highest BCUT2D eigenvalue weighted by Crippen LogP contribution is 2.33. The van der Waals surface area contributed by atoms with E-state index in [9.17, 15) is 9.18 Å². The zero-order valence-corrected chi connectivity index (χ0v) is 15.0. The van der Waals surface area contributed by atoms with E-state index < -0.39 is 11.9 Å². The van der Waals surface area contributed by atoms with Gasteiger partial charge in [-0.3, -0.25) is 4.90 Å². The molecule has 6 heteroatoms. The average molecular weight is 363 g/mol. The number of carbonyl (C=O) groups excluding carboxylic acids is 1. The van der Waals surface area contributed by atoms with E-state index >= 15 is 0 Å². The Hall–Kier alpha value is -2.11. The molecule has 0 N–H and O–H groups in total. The highest BCUT2D eigenvalue weighted by Gasteiger charge is 2.25. The molecule has 1 aliphatic heterocycles. The summed E-state index contributed by atoms with van der Waals surface area (Å²) in [5.74, 6) is -0.471. The minimum atomic E-state index is -0.471. The number of hydrogen-bond donors (Lipinski definition) is 0. The Morgan fingerprint density at radius 3 is 2.76 bits per heavy atom. The highest BCUT2D eigenvalue weighted by atomic mass is 35.5. The van der Waals surface area contributed by atoms with Crippen LogP contribution in [0.3, 0.4) is 0 Å². The van der Waals surface area contributed by atoms with Gasteiger partial charge in [0.05, 0.1) is 10.7 Å². The van der Waals surface area contributed by atoms with Crippen LogP contribution in [0.15, 0.2) is 42.5 Å². The number of ether oxygens (including phenoxy) is 1. The Kier molecular flexibility index (Phi) is 5.25. The topological polar surface area (TPSA) is 32.8 Å². The second kappa shape index (κ2) is 7.42. The molecule has 3 rings (SSSR count). The molecule has 25 heavy (non-hydrogen) atoms. The number of hydrogen-bond acceptors (Lipinski definition) is 3. The number of likely N-dealkylation sites (tertiary alicyclic amines) is 1. The second-order valence-corrected chi connectivity index (χ2v) is 6.67. The van der Waals surface area contributed by atoms with Crippen molar-refractivity contribution >= 4 is 23.4 Å². The van der Waals surface area contributed by atoms with Crippen molar-refractivity contribution in [2.24, 2.45) is 0 Å². The summed E-state index contributed by atoms with van der Waals surface area (Å²) in [6.07, 6.45) is 0.346. The minimum Gasteiger partial charge on any atom is -0.444 e. The molecular formula is C19H20ClFN2O2. The van der Waals surface area contributed by atoms with Gasteiger partial charge in [-0.15, -0.1) is 0 Å². The number of anilines is 1. The van der Waals surface area contributed by atoms with Crippen molar-refractivity contribution in [2.45, 2.75) is 12.5 Å². The van der Waals surface area contributed by atoms with Crippen molar-refractivity contribution in [3.63, 3.8) is 0 Å². The molecule has 1 fully saturated rings. The van der Waals surface area contributed by atoms with Crippen LogP contribution in [0, 0.1) is 5.82 Å². The normalized spacial score (nSPS) is 17.5. The average Bonchev–Trinajstić information content (AvgIpc) is 3.01. The molecule has 0 aromatic heterocycles. The monoisotopic (exact) mass is 362 g/mol. The SMILES string of the molecule is CN1CC[C@@H](OC(=O)N(C)c2ccccc2-c2ccc(F)c(Cl)c2)C1. The van der Waals surface area contributed by atoms with E-state index in [2.05, 4.69) is 4.90 Å². The molecule has 0 radical (unpaired) electrons. The summed E-state index contributed by atoms with van der Waals surface area (Å²) in [4.78, 5) is 16.1. The molecule has 1 aliphatic rings. The molecular weight excluding hydrogens is 343 g/mol. The van der Waals surface area contributed by atoms with Crippen LogP contribution >= 0.6 is 11.6 Å². The number of para-hydroxylation sites is 1. The zero-order chi connectivity index (χ0) is 18.0. The standard InChI is InChI=1S/C19H20ClFN2O2/c1-22-10-9-14(12-22)25-19(24)23(2)18-6-4-3-5-15(18)13-7-8-17(21)16(20)11-13/h3-8,11,14H,9-10,12H2,1-2H3/t14-/m1/s1. The summed E-state index contributed by atoms with van der Waals surface area (Å²) in [5, 5.41) is 0.0477. The third-order valence-electron chi connectivity index (χ3n) is 4.39. The maximum absolute atomic E-state index is 13.4. The zero-order valence-electron chi connectivity index (χ0n) is 14.2. The molecule has 132 valence electrons. The number of rotatable bonds is 3. The molecule has 0 bridgehead atoms. The summed E-state index contributed by atoms with van der Waals surface area (Å²) in [7, 11) is 3.68. The molecule has 2 aromatic rings. The maximum atomic E-state index is 13.4. The molecule has 1 atom stereocenters. The van der Waals surface area contributed by atoms with Crippen LogP contribution in [0.25, 0.3) is 11.1 Å². The van der Waals surface area contributed by atoms with E-state index in [0.29, 0.717) is 5.69 Å². The van der Waals surface area contributed by atoms with E-state index in [0.717, 1.165) is 30.6 Å². The van der Waals surface area contributed by atoms with Crippen molar-refractivity contribution in [1.82, 2.24) is 4.90 Å². The van der Waals surface area contributed by atoms with Crippen LogP contribution in [-0.4, -0.2) is 44.3 Å². The van der Waals surface area contributed by atoms with Gasteiger partial charge < -0.3 is 9.64 Å². The second-order valence-electron chi connectivity index (χ2n) is 6.26. The van der Waals surface area contributed by atoms with Gasteiger partial charge in [-0.25, -0.2) is 9.18 Å². The van der Waals surface area contributed by atoms with Crippen LogP contribution in [0.4, 0.5) is 14.9 Å². The molecule has 0 saturated carbocycles. The van der Waals surface area contributed by atoms with Crippen LogP contribution < -0.4 is 4.90 Å². The number of halogens is 2. The molecule has 0 spiro atoms. The minimum absolute atomic E-state index is 0.0477. The predicted octanol–water partition coefficient (Wildman–Crippen LogP) is 4.42. The van der Waals surface area contributed by atoms with Gasteiger partial charge in [0.2, 0.25) is 0 Å². The van der Waals surface area contributed by atoms with Crippen molar-refractivity contribution in [3.05, 3.63) is 53.3 Å². The molecule has 1 amide bonds. The molecule has 4 nitrogen and oxygen atoms in total. The van der Waals surface area contributed by atoms with E-state index in [1.165, 1.54) is 11.0 Å². The lowest BCUT2D eigenvalue weighted by Crippen LogP contribution is -2.32. The summed E-state index contributed by atoms with van der Waals surface area (Å²) in [6.45, 7) is 1.67.